The Hall–Kier alpha value is -1.47. The van der Waals surface area contributed by atoms with Crippen molar-refractivity contribution in [1.29, 1.82) is 0 Å². The third kappa shape index (κ3) is 4.52. The van der Waals surface area contributed by atoms with Gasteiger partial charge in [-0.15, -0.1) is 0 Å². The predicted octanol–water partition coefficient (Wildman–Crippen LogP) is 4.09. The maximum Gasteiger partial charge on any atom is 0.0510 e. The summed E-state index contributed by atoms with van der Waals surface area (Å²) in [5, 5.41) is 3.56. The Balaban J connectivity index is 2.78. The first-order valence-corrected chi connectivity index (χ1v) is 5.10. The zero-order valence-electron chi connectivity index (χ0n) is 9.57. The summed E-state index contributed by atoms with van der Waals surface area (Å²) in [4.78, 5) is 2.76. The normalized spacial score (nSPS) is 10.9. The van der Waals surface area contributed by atoms with E-state index >= 15 is 0 Å². The van der Waals surface area contributed by atoms with Crippen molar-refractivity contribution in [1.82, 2.24) is 0 Å². The minimum Gasteiger partial charge on any atom is -0.0893 e. The van der Waals surface area contributed by atoms with Gasteiger partial charge in [-0.05, 0) is 28.5 Å². The molecule has 80 valence electrons. The van der Waals surface area contributed by atoms with Gasteiger partial charge in [-0.25, -0.2) is 0 Å². The van der Waals surface area contributed by atoms with Gasteiger partial charge in [0, 0.05) is 4.91 Å². The summed E-state index contributed by atoms with van der Waals surface area (Å²) < 4.78 is 0. The third-order valence-corrected chi connectivity index (χ3v) is 2.04. The highest BCUT2D eigenvalue weighted by molar-refractivity contribution is 5.24. The lowest BCUT2D eigenvalue weighted by Crippen LogP contribution is -2.09. The summed E-state index contributed by atoms with van der Waals surface area (Å²) in [5.74, 6) is 0. The van der Waals surface area contributed by atoms with Crippen LogP contribution in [0.3, 0.4) is 0 Å². The fourth-order valence-corrected chi connectivity index (χ4v) is 1.56. The molecule has 0 aliphatic carbocycles. The van der Waals surface area contributed by atoms with Gasteiger partial charge in [0.15, 0.2) is 0 Å². The SMILES string of the molecule is CC(C)(C)Cc1cccc(CN=[N+]=[N-])c1. The van der Waals surface area contributed by atoms with E-state index in [9.17, 15) is 0 Å². The van der Waals surface area contributed by atoms with E-state index in [4.69, 9.17) is 5.53 Å². The summed E-state index contributed by atoms with van der Waals surface area (Å²) >= 11 is 0. The molecule has 0 saturated heterocycles. The molecular formula is C12H17N3. The molecule has 0 aliphatic rings. The van der Waals surface area contributed by atoms with Gasteiger partial charge >= 0.3 is 0 Å². The van der Waals surface area contributed by atoms with Crippen LogP contribution < -0.4 is 0 Å². The molecule has 0 aliphatic heterocycles. The molecule has 15 heavy (non-hydrogen) atoms. The van der Waals surface area contributed by atoms with Gasteiger partial charge in [-0.1, -0.05) is 50.2 Å². The van der Waals surface area contributed by atoms with Gasteiger partial charge in [0.25, 0.3) is 0 Å². The molecule has 0 N–H and O–H groups in total. The van der Waals surface area contributed by atoms with E-state index < -0.39 is 0 Å². The molecule has 0 unspecified atom stereocenters. The maximum atomic E-state index is 8.24. The van der Waals surface area contributed by atoms with Gasteiger partial charge in [0.1, 0.15) is 0 Å². The van der Waals surface area contributed by atoms with Gasteiger partial charge < -0.3 is 0 Å². The van der Waals surface area contributed by atoms with E-state index in [1.807, 2.05) is 12.1 Å². The number of azide groups is 1. The fraction of sp³-hybridized carbons (Fsp3) is 0.500. The van der Waals surface area contributed by atoms with Crippen LogP contribution in [0.4, 0.5) is 0 Å². The van der Waals surface area contributed by atoms with Crippen LogP contribution in [-0.4, -0.2) is 0 Å². The highest BCUT2D eigenvalue weighted by Crippen LogP contribution is 2.21. The highest BCUT2D eigenvalue weighted by Gasteiger charge is 2.10. The first kappa shape index (κ1) is 11.6. The first-order chi connectivity index (χ1) is 7.01. The number of hydrogen-bond donors (Lipinski definition) is 0. The van der Waals surface area contributed by atoms with Gasteiger partial charge in [-0.2, -0.15) is 0 Å². The van der Waals surface area contributed by atoms with Crippen molar-refractivity contribution in [2.45, 2.75) is 33.7 Å². The summed E-state index contributed by atoms with van der Waals surface area (Å²) in [7, 11) is 0. The van der Waals surface area contributed by atoms with E-state index in [0.717, 1.165) is 12.0 Å². The molecule has 0 radical (unpaired) electrons. The van der Waals surface area contributed by atoms with Crippen LogP contribution in [0.25, 0.3) is 10.4 Å². The Morgan fingerprint density at radius 1 is 1.27 bits per heavy atom. The zero-order chi connectivity index (χ0) is 11.3. The van der Waals surface area contributed by atoms with Crippen LogP contribution in [0.1, 0.15) is 31.9 Å². The maximum absolute atomic E-state index is 8.24. The van der Waals surface area contributed by atoms with Crippen molar-refractivity contribution in [3.63, 3.8) is 0 Å². The predicted molar refractivity (Wildman–Crippen MR) is 62.5 cm³/mol. The van der Waals surface area contributed by atoms with Crippen LogP contribution in [0.5, 0.6) is 0 Å². The molecule has 0 aromatic heterocycles. The molecular weight excluding hydrogens is 186 g/mol. The molecule has 1 aromatic carbocycles. The molecule has 0 fully saturated rings. The Morgan fingerprint density at radius 3 is 2.53 bits per heavy atom. The van der Waals surface area contributed by atoms with Crippen LogP contribution in [0.15, 0.2) is 29.4 Å². The molecule has 0 amide bonds. The average Bonchev–Trinajstić information content (AvgIpc) is 2.12. The fourth-order valence-electron chi connectivity index (χ4n) is 1.56. The quantitative estimate of drug-likeness (QED) is 0.403. The van der Waals surface area contributed by atoms with Crippen molar-refractivity contribution in [2.24, 2.45) is 10.5 Å². The average molecular weight is 203 g/mol. The molecule has 0 saturated carbocycles. The summed E-state index contributed by atoms with van der Waals surface area (Å²) in [5.41, 5.74) is 10.9. The largest absolute Gasteiger partial charge is 0.0893 e. The lowest BCUT2D eigenvalue weighted by Gasteiger charge is -2.18. The zero-order valence-corrected chi connectivity index (χ0v) is 9.57. The van der Waals surface area contributed by atoms with E-state index in [1.165, 1.54) is 5.56 Å². The Kier molecular flexibility index (Phi) is 3.75. The van der Waals surface area contributed by atoms with Crippen molar-refractivity contribution in [3.8, 4) is 0 Å². The topological polar surface area (TPSA) is 48.8 Å². The van der Waals surface area contributed by atoms with Crippen molar-refractivity contribution in [2.75, 3.05) is 0 Å². The van der Waals surface area contributed by atoms with E-state index in [1.54, 1.807) is 0 Å². The Bertz CT molecular complexity index is 371. The summed E-state index contributed by atoms with van der Waals surface area (Å²) in [6.07, 6.45) is 1.04. The van der Waals surface area contributed by atoms with Crippen LogP contribution in [0, 0.1) is 5.41 Å². The summed E-state index contributed by atoms with van der Waals surface area (Å²) in [6.45, 7) is 7.09. The van der Waals surface area contributed by atoms with Gasteiger partial charge in [0.2, 0.25) is 0 Å². The van der Waals surface area contributed by atoms with Crippen molar-refractivity contribution >= 4 is 0 Å². The van der Waals surface area contributed by atoms with Gasteiger partial charge in [-0.3, -0.25) is 0 Å². The van der Waals surface area contributed by atoms with E-state index in [0.29, 0.717) is 6.54 Å². The molecule has 0 spiro atoms. The molecule has 0 heterocycles. The third-order valence-electron chi connectivity index (χ3n) is 2.04. The number of hydrogen-bond acceptors (Lipinski definition) is 1. The molecule has 3 nitrogen and oxygen atoms in total. The second-order valence-electron chi connectivity index (χ2n) is 4.95. The number of nitrogens with zero attached hydrogens (tertiary/aromatic N) is 3. The molecule has 1 aromatic rings. The van der Waals surface area contributed by atoms with Crippen LogP contribution in [0.2, 0.25) is 0 Å². The second kappa shape index (κ2) is 4.85. The lowest BCUT2D eigenvalue weighted by atomic mass is 9.88. The standard InChI is InChI=1S/C12H17N3/c1-12(2,3)8-10-5-4-6-11(7-10)9-14-15-13/h4-7H,8-9H2,1-3H3. The minimum absolute atomic E-state index is 0.289. The second-order valence-corrected chi connectivity index (χ2v) is 4.95. The number of benzene rings is 1. The monoisotopic (exact) mass is 203 g/mol. The molecule has 0 atom stereocenters. The summed E-state index contributed by atoms with van der Waals surface area (Å²) in [6, 6.07) is 8.23. The molecule has 1 rings (SSSR count). The lowest BCUT2D eigenvalue weighted by molar-refractivity contribution is 0.411. The van der Waals surface area contributed by atoms with Crippen molar-refractivity contribution in [3.05, 3.63) is 45.8 Å². The Labute approximate surface area is 90.8 Å². The number of rotatable bonds is 3. The van der Waals surface area contributed by atoms with Gasteiger partial charge in [0.05, 0.1) is 6.54 Å². The van der Waals surface area contributed by atoms with Crippen LogP contribution in [-0.2, 0) is 13.0 Å². The molecule has 3 heteroatoms. The smallest absolute Gasteiger partial charge is 0.0510 e. The van der Waals surface area contributed by atoms with E-state index in [2.05, 4.69) is 42.9 Å². The highest BCUT2D eigenvalue weighted by atomic mass is 15.1. The Morgan fingerprint density at radius 2 is 1.93 bits per heavy atom. The minimum atomic E-state index is 0.289. The van der Waals surface area contributed by atoms with Crippen LogP contribution >= 0.6 is 0 Å². The molecule has 0 bridgehead atoms. The van der Waals surface area contributed by atoms with Crippen molar-refractivity contribution < 1.29 is 0 Å². The van der Waals surface area contributed by atoms with E-state index in [-0.39, 0.29) is 5.41 Å². The first-order valence-electron chi connectivity index (χ1n) is 5.10.